The standard InChI is InChI=1S/C17H22ClNO3/c1-17(2)11-22-16(19-17)13-8-7-12(18)10-14(13)15(20)6-4-5-9-21-3/h7-8,10H,4-6,9,11H2,1-3H3. The van der Waals surface area contributed by atoms with Crippen molar-refractivity contribution in [2.75, 3.05) is 20.3 Å². The molecule has 0 fully saturated rings. The zero-order valence-electron chi connectivity index (χ0n) is 13.3. The maximum atomic E-state index is 12.5. The predicted molar refractivity (Wildman–Crippen MR) is 88.1 cm³/mol. The van der Waals surface area contributed by atoms with Crippen molar-refractivity contribution in [2.24, 2.45) is 4.99 Å². The molecule has 0 amide bonds. The molecule has 1 aromatic carbocycles. The van der Waals surface area contributed by atoms with E-state index in [1.807, 2.05) is 19.9 Å². The van der Waals surface area contributed by atoms with Crippen LogP contribution in [0.15, 0.2) is 23.2 Å². The van der Waals surface area contributed by atoms with Gasteiger partial charge in [0, 0.05) is 36.3 Å². The Bertz CT molecular complexity index is 581. The van der Waals surface area contributed by atoms with Gasteiger partial charge in [-0.15, -0.1) is 0 Å². The molecule has 120 valence electrons. The molecule has 5 heteroatoms. The van der Waals surface area contributed by atoms with E-state index in [0.717, 1.165) is 18.4 Å². The van der Waals surface area contributed by atoms with Gasteiger partial charge >= 0.3 is 0 Å². The first-order valence-electron chi connectivity index (χ1n) is 7.48. The summed E-state index contributed by atoms with van der Waals surface area (Å²) in [6, 6.07) is 5.27. The molecule has 0 bridgehead atoms. The molecule has 0 aliphatic carbocycles. The van der Waals surface area contributed by atoms with Gasteiger partial charge in [0.1, 0.15) is 6.61 Å². The lowest BCUT2D eigenvalue weighted by Crippen LogP contribution is -2.17. The average Bonchev–Trinajstić information content (AvgIpc) is 2.83. The number of hydrogen-bond donors (Lipinski definition) is 0. The SMILES string of the molecule is COCCCCC(=O)c1cc(Cl)ccc1C1=NC(C)(C)CO1. The fourth-order valence-electron chi connectivity index (χ4n) is 2.32. The number of methoxy groups -OCH3 is 1. The molecule has 0 aromatic heterocycles. The molecule has 0 spiro atoms. The van der Waals surface area contributed by atoms with E-state index in [9.17, 15) is 4.79 Å². The van der Waals surface area contributed by atoms with E-state index in [-0.39, 0.29) is 11.3 Å². The third-order valence-corrected chi connectivity index (χ3v) is 3.72. The second kappa shape index (κ2) is 7.25. The number of unbranched alkanes of at least 4 members (excludes halogenated alkanes) is 1. The maximum Gasteiger partial charge on any atom is 0.217 e. The van der Waals surface area contributed by atoms with Crippen molar-refractivity contribution in [3.05, 3.63) is 34.3 Å². The van der Waals surface area contributed by atoms with Gasteiger partial charge in [-0.05, 0) is 44.9 Å². The Hall–Kier alpha value is -1.39. The molecule has 0 unspecified atom stereocenters. The first-order chi connectivity index (χ1) is 10.4. The van der Waals surface area contributed by atoms with Crippen LogP contribution < -0.4 is 0 Å². The summed E-state index contributed by atoms with van der Waals surface area (Å²) in [6.07, 6.45) is 2.12. The number of Topliss-reactive ketones (excluding diaryl/α,β-unsaturated/α-hetero) is 1. The van der Waals surface area contributed by atoms with Gasteiger partial charge in [0.25, 0.3) is 0 Å². The van der Waals surface area contributed by atoms with Gasteiger partial charge in [-0.2, -0.15) is 0 Å². The lowest BCUT2D eigenvalue weighted by atomic mass is 9.99. The highest BCUT2D eigenvalue weighted by atomic mass is 35.5. The maximum absolute atomic E-state index is 12.5. The van der Waals surface area contributed by atoms with Crippen molar-refractivity contribution in [3.63, 3.8) is 0 Å². The molecule has 1 aliphatic heterocycles. The van der Waals surface area contributed by atoms with Gasteiger partial charge in [-0.1, -0.05) is 11.6 Å². The highest BCUT2D eigenvalue weighted by Crippen LogP contribution is 2.25. The van der Waals surface area contributed by atoms with Crippen LogP contribution in [-0.2, 0) is 9.47 Å². The fraction of sp³-hybridized carbons (Fsp3) is 0.529. The molecule has 22 heavy (non-hydrogen) atoms. The van der Waals surface area contributed by atoms with E-state index in [2.05, 4.69) is 4.99 Å². The quantitative estimate of drug-likeness (QED) is 0.565. The molecule has 1 heterocycles. The van der Waals surface area contributed by atoms with Crippen LogP contribution in [0.25, 0.3) is 0 Å². The Morgan fingerprint density at radius 1 is 1.41 bits per heavy atom. The summed E-state index contributed by atoms with van der Waals surface area (Å²) in [5, 5.41) is 0.543. The summed E-state index contributed by atoms with van der Waals surface area (Å²) < 4.78 is 10.7. The number of ketones is 1. The first-order valence-corrected chi connectivity index (χ1v) is 7.85. The van der Waals surface area contributed by atoms with Crippen molar-refractivity contribution < 1.29 is 14.3 Å². The third kappa shape index (κ3) is 4.31. The van der Waals surface area contributed by atoms with Crippen molar-refractivity contribution >= 4 is 23.3 Å². The van der Waals surface area contributed by atoms with E-state index in [4.69, 9.17) is 21.1 Å². The van der Waals surface area contributed by atoms with Crippen LogP contribution in [0, 0.1) is 0 Å². The molecule has 1 aliphatic rings. The summed E-state index contributed by atoms with van der Waals surface area (Å²) >= 11 is 6.05. The number of ether oxygens (including phenoxy) is 2. The van der Waals surface area contributed by atoms with Crippen LogP contribution in [0.2, 0.25) is 5.02 Å². The minimum Gasteiger partial charge on any atom is -0.475 e. The normalized spacial score (nSPS) is 16.3. The highest BCUT2D eigenvalue weighted by Gasteiger charge is 2.29. The van der Waals surface area contributed by atoms with Gasteiger partial charge in [0.05, 0.1) is 5.54 Å². The van der Waals surface area contributed by atoms with Gasteiger partial charge < -0.3 is 9.47 Å². The summed E-state index contributed by atoms with van der Waals surface area (Å²) in [6.45, 7) is 5.19. The first kappa shape index (κ1) is 17.0. The van der Waals surface area contributed by atoms with Crippen molar-refractivity contribution in [1.29, 1.82) is 0 Å². The van der Waals surface area contributed by atoms with Crippen LogP contribution in [0.3, 0.4) is 0 Å². The topological polar surface area (TPSA) is 47.9 Å². The van der Waals surface area contributed by atoms with Crippen LogP contribution >= 0.6 is 11.6 Å². The number of carbonyl (C=O) groups is 1. The second-order valence-electron chi connectivity index (χ2n) is 6.08. The van der Waals surface area contributed by atoms with Gasteiger partial charge in [0.2, 0.25) is 5.90 Å². The Labute approximate surface area is 136 Å². The van der Waals surface area contributed by atoms with Gasteiger partial charge in [0.15, 0.2) is 5.78 Å². The Morgan fingerprint density at radius 3 is 2.82 bits per heavy atom. The fourth-order valence-corrected chi connectivity index (χ4v) is 2.49. The second-order valence-corrected chi connectivity index (χ2v) is 6.52. The van der Waals surface area contributed by atoms with Crippen LogP contribution in [0.1, 0.15) is 49.0 Å². The van der Waals surface area contributed by atoms with Crippen LogP contribution in [0.5, 0.6) is 0 Å². The summed E-state index contributed by atoms with van der Waals surface area (Å²) in [5.74, 6) is 0.589. The average molecular weight is 324 g/mol. The number of hydrogen-bond acceptors (Lipinski definition) is 4. The van der Waals surface area contributed by atoms with Gasteiger partial charge in [-0.25, -0.2) is 4.99 Å². The number of rotatable bonds is 7. The lowest BCUT2D eigenvalue weighted by Gasteiger charge is -2.09. The molecule has 0 N–H and O–H groups in total. The molecular weight excluding hydrogens is 302 g/mol. The summed E-state index contributed by atoms with van der Waals surface area (Å²) in [4.78, 5) is 17.0. The molecular formula is C17H22ClNO3. The summed E-state index contributed by atoms with van der Waals surface area (Å²) in [7, 11) is 1.66. The zero-order chi connectivity index (χ0) is 16.2. The lowest BCUT2D eigenvalue weighted by molar-refractivity contribution is 0.0974. The molecule has 0 saturated heterocycles. The van der Waals surface area contributed by atoms with E-state index in [1.54, 1.807) is 19.2 Å². The van der Waals surface area contributed by atoms with E-state index < -0.39 is 0 Å². The Kier molecular flexibility index (Phi) is 5.59. The largest absolute Gasteiger partial charge is 0.475 e. The Balaban J connectivity index is 2.20. The molecule has 4 nitrogen and oxygen atoms in total. The number of carbonyl (C=O) groups excluding carboxylic acids is 1. The van der Waals surface area contributed by atoms with Crippen molar-refractivity contribution in [3.8, 4) is 0 Å². The summed E-state index contributed by atoms with van der Waals surface area (Å²) in [5.41, 5.74) is 1.06. The van der Waals surface area contributed by atoms with E-state index in [0.29, 0.717) is 36.1 Å². The monoisotopic (exact) mass is 323 g/mol. The smallest absolute Gasteiger partial charge is 0.217 e. The third-order valence-electron chi connectivity index (χ3n) is 3.48. The van der Waals surface area contributed by atoms with Crippen molar-refractivity contribution in [2.45, 2.75) is 38.6 Å². The molecule has 0 atom stereocenters. The van der Waals surface area contributed by atoms with E-state index in [1.165, 1.54) is 0 Å². The number of benzene rings is 1. The van der Waals surface area contributed by atoms with E-state index >= 15 is 0 Å². The molecule has 0 saturated carbocycles. The zero-order valence-corrected chi connectivity index (χ0v) is 14.1. The predicted octanol–water partition coefficient (Wildman–Crippen LogP) is 3.89. The number of halogens is 1. The number of nitrogens with zero attached hydrogens (tertiary/aromatic N) is 1. The highest BCUT2D eigenvalue weighted by molar-refractivity contribution is 6.31. The van der Waals surface area contributed by atoms with Crippen LogP contribution in [0.4, 0.5) is 0 Å². The van der Waals surface area contributed by atoms with Gasteiger partial charge in [-0.3, -0.25) is 4.79 Å². The number of aliphatic imine (C=N–C) groups is 1. The van der Waals surface area contributed by atoms with Crippen LogP contribution in [-0.4, -0.2) is 37.5 Å². The molecule has 2 rings (SSSR count). The Morgan fingerprint density at radius 2 is 2.18 bits per heavy atom. The molecule has 1 aromatic rings. The van der Waals surface area contributed by atoms with Crippen molar-refractivity contribution in [1.82, 2.24) is 0 Å². The molecule has 0 radical (unpaired) electrons. The minimum atomic E-state index is -0.256. The minimum absolute atomic E-state index is 0.0598.